The van der Waals surface area contributed by atoms with Gasteiger partial charge in [0.1, 0.15) is 12.2 Å². The number of hydroxylamine groups is 2. The molecule has 31 heavy (non-hydrogen) atoms. The number of carbonyl (C=O) groups excluding carboxylic acids is 1. The van der Waals surface area contributed by atoms with Crippen molar-refractivity contribution in [3.63, 3.8) is 0 Å². The Bertz CT molecular complexity index is 855. The van der Waals surface area contributed by atoms with Gasteiger partial charge in [-0.05, 0) is 51.3 Å². The minimum atomic E-state index is -0.270. The molecule has 0 amide bonds. The average Bonchev–Trinajstić information content (AvgIpc) is 2.81. The molecule has 0 spiro atoms. The summed E-state index contributed by atoms with van der Waals surface area (Å²) in [6.45, 7) is 13.1. The fourth-order valence-electron chi connectivity index (χ4n) is 4.76. The molecule has 4 nitrogen and oxygen atoms in total. The molecule has 168 valence electrons. The molecular formula is C27H37NO3. The molecule has 0 bridgehead atoms. The Morgan fingerprint density at radius 2 is 1.61 bits per heavy atom. The summed E-state index contributed by atoms with van der Waals surface area (Å²) in [5.74, 6) is -0.130. The zero-order valence-electron chi connectivity index (χ0n) is 19.8. The lowest BCUT2D eigenvalue weighted by Gasteiger charge is -2.59. The SMILES string of the molecule is CCC1(C)CC(OC(=O)c2ccccc2)C(C)C(C)(CC)N1OC(C)c1ccccc1. The summed E-state index contributed by atoms with van der Waals surface area (Å²) in [5.41, 5.74) is 1.24. The highest BCUT2D eigenvalue weighted by atomic mass is 16.7. The second-order valence-corrected chi connectivity index (χ2v) is 9.32. The van der Waals surface area contributed by atoms with Crippen LogP contribution in [-0.2, 0) is 9.57 Å². The number of carbonyl (C=O) groups is 1. The van der Waals surface area contributed by atoms with E-state index in [0.717, 1.165) is 24.8 Å². The smallest absolute Gasteiger partial charge is 0.338 e. The molecule has 0 aromatic heterocycles. The van der Waals surface area contributed by atoms with Crippen LogP contribution in [0.1, 0.15) is 82.8 Å². The standard InChI is InChI=1S/C27H37NO3/c1-7-26(5)19-24(30-25(29)23-17-13-10-14-18-23)20(3)27(6,8-2)28(26)31-21(4)22-15-11-9-12-16-22/h9-18,20-21,24H,7-8,19H2,1-6H3. The van der Waals surface area contributed by atoms with Crippen molar-refractivity contribution >= 4 is 5.97 Å². The van der Waals surface area contributed by atoms with E-state index in [-0.39, 0.29) is 35.2 Å². The minimum Gasteiger partial charge on any atom is -0.458 e. The summed E-state index contributed by atoms with van der Waals surface area (Å²) in [4.78, 5) is 19.5. The molecular weight excluding hydrogens is 386 g/mol. The number of ether oxygens (including phenoxy) is 1. The van der Waals surface area contributed by atoms with Gasteiger partial charge >= 0.3 is 5.97 Å². The molecule has 0 saturated carbocycles. The highest BCUT2D eigenvalue weighted by Gasteiger charge is 2.55. The molecule has 2 aromatic rings. The molecule has 0 aliphatic carbocycles. The lowest BCUT2D eigenvalue weighted by molar-refractivity contribution is -0.335. The first-order valence-electron chi connectivity index (χ1n) is 11.5. The molecule has 1 aliphatic heterocycles. The third-order valence-corrected chi connectivity index (χ3v) is 7.41. The zero-order chi connectivity index (χ0) is 22.6. The van der Waals surface area contributed by atoms with Gasteiger partial charge in [0, 0.05) is 23.4 Å². The monoisotopic (exact) mass is 423 g/mol. The first-order valence-corrected chi connectivity index (χ1v) is 11.5. The second-order valence-electron chi connectivity index (χ2n) is 9.32. The maximum Gasteiger partial charge on any atom is 0.338 e. The largest absolute Gasteiger partial charge is 0.458 e. The van der Waals surface area contributed by atoms with Gasteiger partial charge in [0.25, 0.3) is 0 Å². The van der Waals surface area contributed by atoms with Gasteiger partial charge in [-0.1, -0.05) is 69.3 Å². The Balaban J connectivity index is 1.87. The second kappa shape index (κ2) is 9.54. The third kappa shape index (κ3) is 4.70. The first kappa shape index (κ1) is 23.5. The van der Waals surface area contributed by atoms with Crippen LogP contribution in [0.2, 0.25) is 0 Å². The zero-order valence-corrected chi connectivity index (χ0v) is 19.8. The van der Waals surface area contributed by atoms with E-state index in [1.54, 1.807) is 0 Å². The summed E-state index contributed by atoms with van der Waals surface area (Å²) in [6.07, 6.45) is 2.30. The van der Waals surface area contributed by atoms with Gasteiger partial charge in [-0.3, -0.25) is 4.84 Å². The van der Waals surface area contributed by atoms with Crippen molar-refractivity contribution < 1.29 is 14.4 Å². The van der Waals surface area contributed by atoms with Crippen LogP contribution in [0.4, 0.5) is 0 Å². The van der Waals surface area contributed by atoms with Gasteiger partial charge < -0.3 is 4.74 Å². The molecule has 3 rings (SSSR count). The Morgan fingerprint density at radius 3 is 2.16 bits per heavy atom. The topological polar surface area (TPSA) is 38.8 Å². The van der Waals surface area contributed by atoms with Crippen LogP contribution in [0.5, 0.6) is 0 Å². The van der Waals surface area contributed by atoms with E-state index in [1.807, 2.05) is 48.5 Å². The number of nitrogens with zero attached hydrogens (tertiary/aromatic N) is 1. The van der Waals surface area contributed by atoms with E-state index >= 15 is 0 Å². The van der Waals surface area contributed by atoms with E-state index in [9.17, 15) is 4.79 Å². The molecule has 1 heterocycles. The van der Waals surface area contributed by atoms with Crippen LogP contribution < -0.4 is 0 Å². The fraction of sp³-hybridized carbons (Fsp3) is 0.519. The van der Waals surface area contributed by atoms with E-state index < -0.39 is 0 Å². The van der Waals surface area contributed by atoms with Crippen LogP contribution in [0.15, 0.2) is 60.7 Å². The average molecular weight is 424 g/mol. The van der Waals surface area contributed by atoms with Crippen LogP contribution in [0.3, 0.4) is 0 Å². The molecule has 1 aliphatic rings. The number of piperidine rings is 1. The summed E-state index contributed by atoms with van der Waals surface area (Å²) < 4.78 is 6.10. The fourth-order valence-corrected chi connectivity index (χ4v) is 4.76. The molecule has 5 unspecified atom stereocenters. The van der Waals surface area contributed by atoms with Crippen LogP contribution >= 0.6 is 0 Å². The molecule has 5 atom stereocenters. The van der Waals surface area contributed by atoms with Gasteiger partial charge in [0.15, 0.2) is 0 Å². The van der Waals surface area contributed by atoms with Crippen molar-refractivity contribution in [2.45, 2.75) is 84.1 Å². The lowest BCUT2D eigenvalue weighted by Crippen LogP contribution is -2.68. The lowest BCUT2D eigenvalue weighted by atomic mass is 9.69. The molecule has 0 radical (unpaired) electrons. The Morgan fingerprint density at radius 1 is 1.03 bits per heavy atom. The van der Waals surface area contributed by atoms with E-state index in [2.05, 4.69) is 58.7 Å². The predicted molar refractivity (Wildman–Crippen MR) is 125 cm³/mol. The van der Waals surface area contributed by atoms with Crippen molar-refractivity contribution in [3.05, 3.63) is 71.8 Å². The summed E-state index contributed by atoms with van der Waals surface area (Å²) >= 11 is 0. The maximum absolute atomic E-state index is 12.8. The predicted octanol–water partition coefficient (Wildman–Crippen LogP) is 6.58. The van der Waals surface area contributed by atoms with E-state index in [0.29, 0.717) is 5.56 Å². The number of hydrogen-bond donors (Lipinski definition) is 0. The Hall–Kier alpha value is -2.17. The van der Waals surface area contributed by atoms with Crippen LogP contribution in [-0.4, -0.2) is 28.2 Å². The molecule has 1 saturated heterocycles. The highest BCUT2D eigenvalue weighted by Crippen LogP contribution is 2.48. The Labute approximate surface area is 187 Å². The minimum absolute atomic E-state index is 0.0615. The van der Waals surface area contributed by atoms with Crippen molar-refractivity contribution in [1.29, 1.82) is 0 Å². The van der Waals surface area contributed by atoms with Gasteiger partial charge in [-0.2, -0.15) is 5.06 Å². The Kier molecular flexibility index (Phi) is 7.23. The van der Waals surface area contributed by atoms with Gasteiger partial charge in [0.2, 0.25) is 0 Å². The van der Waals surface area contributed by atoms with Gasteiger partial charge in [-0.25, -0.2) is 4.79 Å². The molecule has 0 N–H and O–H groups in total. The summed E-state index contributed by atoms with van der Waals surface area (Å²) in [6, 6.07) is 19.6. The molecule has 2 aromatic carbocycles. The summed E-state index contributed by atoms with van der Waals surface area (Å²) in [7, 11) is 0. The van der Waals surface area contributed by atoms with Gasteiger partial charge in [0.05, 0.1) is 5.56 Å². The first-order chi connectivity index (χ1) is 14.7. The van der Waals surface area contributed by atoms with Crippen molar-refractivity contribution in [3.8, 4) is 0 Å². The van der Waals surface area contributed by atoms with Crippen LogP contribution in [0, 0.1) is 5.92 Å². The molecule has 1 fully saturated rings. The van der Waals surface area contributed by atoms with Crippen molar-refractivity contribution in [2.75, 3.05) is 0 Å². The quantitative estimate of drug-likeness (QED) is 0.471. The van der Waals surface area contributed by atoms with Crippen molar-refractivity contribution in [2.24, 2.45) is 5.92 Å². The third-order valence-electron chi connectivity index (χ3n) is 7.41. The maximum atomic E-state index is 12.8. The van der Waals surface area contributed by atoms with Crippen molar-refractivity contribution in [1.82, 2.24) is 5.06 Å². The number of benzene rings is 2. The number of hydrogen-bond acceptors (Lipinski definition) is 4. The van der Waals surface area contributed by atoms with E-state index in [4.69, 9.17) is 9.57 Å². The number of esters is 1. The van der Waals surface area contributed by atoms with Crippen LogP contribution in [0.25, 0.3) is 0 Å². The van der Waals surface area contributed by atoms with E-state index in [1.165, 1.54) is 0 Å². The summed E-state index contributed by atoms with van der Waals surface area (Å²) in [5, 5.41) is 2.23. The normalized spacial score (nSPS) is 30.0. The molecule has 4 heteroatoms. The van der Waals surface area contributed by atoms with Gasteiger partial charge in [-0.15, -0.1) is 0 Å². The number of rotatable bonds is 7. The highest BCUT2D eigenvalue weighted by molar-refractivity contribution is 5.89.